The van der Waals surface area contributed by atoms with Gasteiger partial charge in [-0.1, -0.05) is 25.1 Å². The zero-order valence-corrected chi connectivity index (χ0v) is 10.0. The third-order valence-corrected chi connectivity index (χ3v) is 2.54. The molecular formula is C12H18N2O3. The van der Waals surface area contributed by atoms with E-state index >= 15 is 0 Å². The maximum absolute atomic E-state index is 10.9. The molecular weight excluding hydrogens is 220 g/mol. The van der Waals surface area contributed by atoms with Crippen LogP contribution in [0.15, 0.2) is 24.3 Å². The number of aliphatic hydroxyl groups excluding tert-OH is 1. The summed E-state index contributed by atoms with van der Waals surface area (Å²) < 4.78 is 0. The Hall–Kier alpha value is -1.46. The van der Waals surface area contributed by atoms with Gasteiger partial charge in [0.2, 0.25) is 0 Å². The van der Waals surface area contributed by atoms with E-state index in [1.54, 1.807) is 18.2 Å². The number of para-hydroxylation sites is 1. The Morgan fingerprint density at radius 3 is 2.65 bits per heavy atom. The summed E-state index contributed by atoms with van der Waals surface area (Å²) in [6, 6.07) is 6.74. The fraction of sp³-hybridized carbons (Fsp3) is 0.500. The van der Waals surface area contributed by atoms with Crippen molar-refractivity contribution in [3.05, 3.63) is 39.9 Å². The lowest BCUT2D eigenvalue weighted by atomic mass is 10.1. The molecule has 1 rings (SSSR count). The minimum absolute atomic E-state index is 0.0701. The number of hydrogen-bond acceptors (Lipinski definition) is 4. The predicted octanol–water partition coefficient (Wildman–Crippen LogP) is 1.80. The first kappa shape index (κ1) is 13.6. The first-order chi connectivity index (χ1) is 8.19. The van der Waals surface area contributed by atoms with Gasteiger partial charge < -0.3 is 5.11 Å². The highest BCUT2D eigenvalue weighted by atomic mass is 16.6. The second-order valence-electron chi connectivity index (χ2n) is 3.89. The van der Waals surface area contributed by atoms with E-state index in [-0.39, 0.29) is 17.2 Å². The molecule has 0 aliphatic rings. The van der Waals surface area contributed by atoms with E-state index in [2.05, 4.69) is 0 Å². The Morgan fingerprint density at radius 2 is 2.06 bits per heavy atom. The van der Waals surface area contributed by atoms with Crippen molar-refractivity contribution in [2.24, 2.45) is 0 Å². The van der Waals surface area contributed by atoms with E-state index in [1.807, 2.05) is 11.8 Å². The van der Waals surface area contributed by atoms with Gasteiger partial charge in [0, 0.05) is 24.7 Å². The van der Waals surface area contributed by atoms with Gasteiger partial charge >= 0.3 is 0 Å². The Kier molecular flexibility index (Phi) is 5.59. The number of hydrogen-bond donors (Lipinski definition) is 1. The Morgan fingerprint density at radius 1 is 1.35 bits per heavy atom. The van der Waals surface area contributed by atoms with Crippen molar-refractivity contribution in [2.75, 3.05) is 19.7 Å². The van der Waals surface area contributed by atoms with Crippen LogP contribution >= 0.6 is 0 Å². The van der Waals surface area contributed by atoms with Crippen molar-refractivity contribution in [1.82, 2.24) is 4.90 Å². The standard InChI is InChI=1S/C12H18N2O3/c1-2-7-13(8-9-15)10-11-5-3-4-6-12(11)14(16)17/h3-6,15H,2,7-10H2,1H3. The van der Waals surface area contributed by atoms with Gasteiger partial charge in [-0.05, 0) is 13.0 Å². The minimum atomic E-state index is -0.363. The summed E-state index contributed by atoms with van der Waals surface area (Å²) in [5, 5.41) is 19.8. The number of nitro groups is 1. The van der Waals surface area contributed by atoms with E-state index in [1.165, 1.54) is 6.07 Å². The average molecular weight is 238 g/mol. The molecule has 1 N–H and O–H groups in total. The molecule has 0 heterocycles. The predicted molar refractivity (Wildman–Crippen MR) is 65.8 cm³/mol. The molecule has 0 aliphatic carbocycles. The normalized spacial score (nSPS) is 10.8. The van der Waals surface area contributed by atoms with Gasteiger partial charge in [0.15, 0.2) is 0 Å². The second-order valence-corrected chi connectivity index (χ2v) is 3.89. The van der Waals surface area contributed by atoms with Crippen LogP contribution in [-0.4, -0.2) is 34.6 Å². The second kappa shape index (κ2) is 6.98. The number of nitro benzene ring substituents is 1. The van der Waals surface area contributed by atoms with Crippen LogP contribution < -0.4 is 0 Å². The maximum atomic E-state index is 10.9. The van der Waals surface area contributed by atoms with Crippen molar-refractivity contribution < 1.29 is 10.0 Å². The molecule has 0 amide bonds. The quantitative estimate of drug-likeness (QED) is 0.581. The molecule has 0 radical (unpaired) electrons. The smallest absolute Gasteiger partial charge is 0.273 e. The summed E-state index contributed by atoms with van der Waals surface area (Å²) in [7, 11) is 0. The molecule has 0 atom stereocenters. The van der Waals surface area contributed by atoms with Gasteiger partial charge in [-0.3, -0.25) is 15.0 Å². The molecule has 1 aromatic carbocycles. The lowest BCUT2D eigenvalue weighted by Crippen LogP contribution is -2.27. The number of nitrogens with zero attached hydrogens (tertiary/aromatic N) is 2. The fourth-order valence-corrected chi connectivity index (χ4v) is 1.79. The summed E-state index contributed by atoms with van der Waals surface area (Å²) in [6.45, 7) is 3.99. The fourth-order valence-electron chi connectivity index (χ4n) is 1.79. The van der Waals surface area contributed by atoms with Gasteiger partial charge in [0.25, 0.3) is 5.69 Å². The average Bonchev–Trinajstić information content (AvgIpc) is 2.30. The number of benzene rings is 1. The third kappa shape index (κ3) is 4.13. The highest BCUT2D eigenvalue weighted by molar-refractivity contribution is 5.39. The monoisotopic (exact) mass is 238 g/mol. The Bertz CT molecular complexity index is 363. The SMILES string of the molecule is CCCN(CCO)Cc1ccccc1[N+](=O)[O-]. The van der Waals surface area contributed by atoms with Crippen LogP contribution in [0.5, 0.6) is 0 Å². The first-order valence-electron chi connectivity index (χ1n) is 5.74. The largest absolute Gasteiger partial charge is 0.395 e. The summed E-state index contributed by atoms with van der Waals surface area (Å²) >= 11 is 0. The van der Waals surface area contributed by atoms with Gasteiger partial charge in [-0.15, -0.1) is 0 Å². The molecule has 0 aliphatic heterocycles. The van der Waals surface area contributed by atoms with E-state index in [9.17, 15) is 10.1 Å². The molecule has 5 nitrogen and oxygen atoms in total. The van der Waals surface area contributed by atoms with Crippen molar-refractivity contribution >= 4 is 5.69 Å². The molecule has 0 saturated carbocycles. The van der Waals surface area contributed by atoms with E-state index < -0.39 is 0 Å². The molecule has 0 bridgehead atoms. The number of rotatable bonds is 7. The van der Waals surface area contributed by atoms with Gasteiger partial charge in [-0.25, -0.2) is 0 Å². The van der Waals surface area contributed by atoms with Crippen molar-refractivity contribution in [3.8, 4) is 0 Å². The summed E-state index contributed by atoms with van der Waals surface area (Å²) in [6.07, 6.45) is 0.959. The van der Waals surface area contributed by atoms with Gasteiger partial charge in [0.1, 0.15) is 0 Å². The summed E-state index contributed by atoms with van der Waals surface area (Å²) in [4.78, 5) is 12.5. The van der Waals surface area contributed by atoms with Crippen LogP contribution in [0.25, 0.3) is 0 Å². The minimum Gasteiger partial charge on any atom is -0.395 e. The van der Waals surface area contributed by atoms with Crippen molar-refractivity contribution in [2.45, 2.75) is 19.9 Å². The molecule has 0 saturated heterocycles. The van der Waals surface area contributed by atoms with Crippen LogP contribution in [0.4, 0.5) is 5.69 Å². The van der Waals surface area contributed by atoms with E-state index in [0.717, 1.165) is 13.0 Å². The molecule has 1 aromatic rings. The molecule has 17 heavy (non-hydrogen) atoms. The molecule has 5 heteroatoms. The van der Waals surface area contributed by atoms with E-state index in [0.29, 0.717) is 18.7 Å². The van der Waals surface area contributed by atoms with Crippen LogP contribution in [-0.2, 0) is 6.54 Å². The summed E-state index contributed by atoms with van der Waals surface area (Å²) in [5.41, 5.74) is 0.839. The van der Waals surface area contributed by atoms with Crippen LogP contribution in [0.3, 0.4) is 0 Å². The highest BCUT2D eigenvalue weighted by Gasteiger charge is 2.14. The first-order valence-corrected chi connectivity index (χ1v) is 5.74. The third-order valence-electron chi connectivity index (χ3n) is 2.54. The molecule has 0 spiro atoms. The zero-order chi connectivity index (χ0) is 12.7. The lowest BCUT2D eigenvalue weighted by Gasteiger charge is -2.20. The van der Waals surface area contributed by atoms with E-state index in [4.69, 9.17) is 5.11 Å². The number of aliphatic hydroxyl groups is 1. The van der Waals surface area contributed by atoms with Gasteiger partial charge in [-0.2, -0.15) is 0 Å². The topological polar surface area (TPSA) is 66.6 Å². The zero-order valence-electron chi connectivity index (χ0n) is 10.0. The van der Waals surface area contributed by atoms with Crippen molar-refractivity contribution in [1.29, 1.82) is 0 Å². The molecule has 0 aromatic heterocycles. The van der Waals surface area contributed by atoms with Gasteiger partial charge in [0.05, 0.1) is 11.5 Å². The Balaban J connectivity index is 2.80. The molecule has 0 fully saturated rings. The molecule has 0 unspecified atom stereocenters. The Labute approximate surface area is 101 Å². The van der Waals surface area contributed by atoms with Crippen molar-refractivity contribution in [3.63, 3.8) is 0 Å². The van der Waals surface area contributed by atoms with Crippen LogP contribution in [0, 0.1) is 10.1 Å². The van der Waals surface area contributed by atoms with Crippen LogP contribution in [0.2, 0.25) is 0 Å². The molecule has 94 valence electrons. The van der Waals surface area contributed by atoms with Crippen LogP contribution in [0.1, 0.15) is 18.9 Å². The lowest BCUT2D eigenvalue weighted by molar-refractivity contribution is -0.385. The summed E-state index contributed by atoms with van der Waals surface area (Å²) in [5.74, 6) is 0. The maximum Gasteiger partial charge on any atom is 0.273 e. The highest BCUT2D eigenvalue weighted by Crippen LogP contribution is 2.19.